The van der Waals surface area contributed by atoms with Gasteiger partial charge in [0.2, 0.25) is 0 Å². The van der Waals surface area contributed by atoms with E-state index < -0.39 is 35.9 Å². The monoisotopic (exact) mass is 496 g/mol. The standard InChI is InChI=1S/C24H22F6N4O/c1-2-14-6-8-16(9-7-14)19-11-20(24(28,29)30)34-21(33-19)18(13-32-34)22(35)31-12-15-4-3-5-17(10-15)23(25,26)27/h3-10,13,19-20,33H,2,11-12H2,1H3,(H,31,35). The molecule has 2 unspecified atom stereocenters. The second-order valence-electron chi connectivity index (χ2n) is 8.32. The van der Waals surface area contributed by atoms with Gasteiger partial charge in [-0.15, -0.1) is 0 Å². The Hall–Kier alpha value is -3.50. The van der Waals surface area contributed by atoms with Crippen molar-refractivity contribution in [3.8, 4) is 0 Å². The van der Waals surface area contributed by atoms with Gasteiger partial charge in [-0.2, -0.15) is 31.4 Å². The lowest BCUT2D eigenvalue weighted by atomic mass is 9.95. The molecule has 5 nitrogen and oxygen atoms in total. The van der Waals surface area contributed by atoms with E-state index in [0.717, 1.165) is 35.0 Å². The van der Waals surface area contributed by atoms with E-state index in [1.54, 1.807) is 12.1 Å². The van der Waals surface area contributed by atoms with Crippen molar-refractivity contribution in [2.75, 3.05) is 5.32 Å². The number of nitrogens with one attached hydrogen (secondary N) is 2. The quantitative estimate of drug-likeness (QED) is 0.423. The predicted octanol–water partition coefficient (Wildman–Crippen LogP) is 6.05. The Morgan fingerprint density at radius 2 is 1.80 bits per heavy atom. The molecule has 186 valence electrons. The molecule has 11 heteroatoms. The molecular weight excluding hydrogens is 474 g/mol. The van der Waals surface area contributed by atoms with E-state index >= 15 is 0 Å². The van der Waals surface area contributed by atoms with E-state index in [-0.39, 0.29) is 29.9 Å². The van der Waals surface area contributed by atoms with Crippen molar-refractivity contribution in [1.29, 1.82) is 0 Å². The number of carbonyl (C=O) groups is 1. The van der Waals surface area contributed by atoms with Gasteiger partial charge in [0.15, 0.2) is 6.04 Å². The van der Waals surface area contributed by atoms with Gasteiger partial charge in [-0.25, -0.2) is 4.68 Å². The highest BCUT2D eigenvalue weighted by Gasteiger charge is 2.47. The third-order valence-electron chi connectivity index (χ3n) is 5.98. The fourth-order valence-corrected chi connectivity index (χ4v) is 4.07. The second-order valence-corrected chi connectivity index (χ2v) is 8.32. The number of aryl methyl sites for hydroxylation is 1. The topological polar surface area (TPSA) is 59.0 Å². The minimum Gasteiger partial charge on any atom is -0.363 e. The zero-order chi connectivity index (χ0) is 25.4. The number of alkyl halides is 6. The Morgan fingerprint density at radius 3 is 2.43 bits per heavy atom. The van der Waals surface area contributed by atoms with Crippen molar-refractivity contribution in [2.45, 2.75) is 50.7 Å². The molecule has 1 amide bonds. The fraction of sp³-hybridized carbons (Fsp3) is 0.333. The molecule has 0 saturated carbocycles. The number of rotatable bonds is 5. The smallest absolute Gasteiger partial charge is 0.363 e. The molecule has 0 radical (unpaired) electrons. The molecular formula is C24H22F6N4O. The summed E-state index contributed by atoms with van der Waals surface area (Å²) in [6.07, 6.45) is -7.63. The van der Waals surface area contributed by atoms with Crippen LogP contribution in [0.2, 0.25) is 0 Å². The highest BCUT2D eigenvalue weighted by atomic mass is 19.4. The lowest BCUT2D eigenvalue weighted by molar-refractivity contribution is -0.173. The molecule has 1 aromatic heterocycles. The zero-order valence-corrected chi connectivity index (χ0v) is 18.5. The molecule has 0 saturated heterocycles. The molecule has 2 heterocycles. The number of halogens is 6. The van der Waals surface area contributed by atoms with Crippen LogP contribution in [0.25, 0.3) is 0 Å². The summed E-state index contributed by atoms with van der Waals surface area (Å²) in [5, 5.41) is 9.28. The van der Waals surface area contributed by atoms with Gasteiger partial charge in [-0.05, 0) is 35.2 Å². The van der Waals surface area contributed by atoms with Crippen molar-refractivity contribution < 1.29 is 31.1 Å². The Kier molecular flexibility index (Phi) is 6.52. The highest BCUT2D eigenvalue weighted by Crippen LogP contribution is 2.44. The number of amides is 1. The fourth-order valence-electron chi connectivity index (χ4n) is 4.07. The van der Waals surface area contributed by atoms with Crippen molar-refractivity contribution >= 4 is 11.7 Å². The van der Waals surface area contributed by atoms with Gasteiger partial charge in [0.25, 0.3) is 5.91 Å². The molecule has 0 aliphatic carbocycles. The van der Waals surface area contributed by atoms with Crippen LogP contribution < -0.4 is 10.6 Å². The first-order valence-corrected chi connectivity index (χ1v) is 10.9. The van der Waals surface area contributed by atoms with Crippen LogP contribution in [0.4, 0.5) is 32.2 Å². The number of carbonyl (C=O) groups excluding carboxylic acids is 1. The lowest BCUT2D eigenvalue weighted by Crippen LogP contribution is -2.36. The predicted molar refractivity (Wildman–Crippen MR) is 117 cm³/mol. The van der Waals surface area contributed by atoms with Gasteiger partial charge >= 0.3 is 12.4 Å². The summed E-state index contributed by atoms with van der Waals surface area (Å²) in [5.41, 5.74) is 0.889. The normalized spacial score (nSPS) is 18.0. The molecule has 2 N–H and O–H groups in total. The van der Waals surface area contributed by atoms with Crippen LogP contribution in [-0.4, -0.2) is 21.9 Å². The van der Waals surface area contributed by atoms with Gasteiger partial charge in [-0.1, -0.05) is 43.3 Å². The SMILES string of the molecule is CCc1ccc(C2CC(C(F)(F)F)n3ncc(C(=O)NCc4cccc(C(F)(F)F)c4)c3N2)cc1. The number of hydrogen-bond donors (Lipinski definition) is 2. The maximum Gasteiger partial charge on any atom is 0.416 e. The summed E-state index contributed by atoms with van der Waals surface area (Å²) in [6, 6.07) is 8.98. The average molecular weight is 496 g/mol. The molecule has 4 rings (SSSR count). The minimum absolute atomic E-state index is 0.0929. The largest absolute Gasteiger partial charge is 0.416 e. The number of fused-ring (bicyclic) bond motifs is 1. The first-order chi connectivity index (χ1) is 16.5. The van der Waals surface area contributed by atoms with Crippen LogP contribution in [0.15, 0.2) is 54.7 Å². The number of nitrogens with zero attached hydrogens (tertiary/aromatic N) is 2. The van der Waals surface area contributed by atoms with Crippen LogP contribution in [0, 0.1) is 0 Å². The number of hydrogen-bond acceptors (Lipinski definition) is 3. The lowest BCUT2D eigenvalue weighted by Gasteiger charge is -2.34. The molecule has 1 aliphatic rings. The van der Waals surface area contributed by atoms with E-state index in [9.17, 15) is 31.1 Å². The summed E-state index contributed by atoms with van der Waals surface area (Å²) in [7, 11) is 0. The molecule has 2 atom stereocenters. The number of aromatic nitrogens is 2. The Bertz CT molecular complexity index is 1200. The molecule has 0 spiro atoms. The summed E-state index contributed by atoms with van der Waals surface area (Å²) < 4.78 is 81.1. The third-order valence-corrected chi connectivity index (χ3v) is 5.98. The van der Waals surface area contributed by atoms with Gasteiger partial charge in [0, 0.05) is 13.0 Å². The summed E-state index contributed by atoms with van der Waals surface area (Å²) in [6.45, 7) is 1.73. The number of benzene rings is 2. The number of anilines is 1. The molecule has 0 fully saturated rings. The van der Waals surface area contributed by atoms with Crippen LogP contribution in [0.1, 0.15) is 58.0 Å². The van der Waals surface area contributed by atoms with Crippen molar-refractivity contribution in [3.63, 3.8) is 0 Å². The molecule has 3 aromatic rings. The van der Waals surface area contributed by atoms with Crippen LogP contribution in [-0.2, 0) is 19.1 Å². The molecule has 0 bridgehead atoms. The Balaban J connectivity index is 1.58. The van der Waals surface area contributed by atoms with E-state index in [2.05, 4.69) is 15.7 Å². The summed E-state index contributed by atoms with van der Waals surface area (Å²) in [5.74, 6) is -0.844. The maximum atomic E-state index is 13.9. The van der Waals surface area contributed by atoms with Crippen LogP contribution >= 0.6 is 0 Å². The minimum atomic E-state index is -4.60. The van der Waals surface area contributed by atoms with E-state index in [1.165, 1.54) is 12.1 Å². The first kappa shape index (κ1) is 24.6. The van der Waals surface area contributed by atoms with Crippen LogP contribution in [0.5, 0.6) is 0 Å². The van der Waals surface area contributed by atoms with Crippen LogP contribution in [0.3, 0.4) is 0 Å². The summed E-state index contributed by atoms with van der Waals surface area (Å²) >= 11 is 0. The van der Waals surface area contributed by atoms with Crippen molar-refractivity contribution in [2.24, 2.45) is 0 Å². The Labute approximate surface area is 197 Å². The highest BCUT2D eigenvalue weighted by molar-refractivity contribution is 5.98. The van der Waals surface area contributed by atoms with E-state index in [1.807, 2.05) is 19.1 Å². The van der Waals surface area contributed by atoms with Crippen molar-refractivity contribution in [3.05, 3.63) is 82.5 Å². The zero-order valence-electron chi connectivity index (χ0n) is 18.5. The third kappa shape index (κ3) is 5.28. The van der Waals surface area contributed by atoms with Gasteiger partial charge < -0.3 is 10.6 Å². The van der Waals surface area contributed by atoms with Gasteiger partial charge in [-0.3, -0.25) is 4.79 Å². The van der Waals surface area contributed by atoms with Gasteiger partial charge in [0.05, 0.1) is 17.8 Å². The van der Waals surface area contributed by atoms with Gasteiger partial charge in [0.1, 0.15) is 11.4 Å². The van der Waals surface area contributed by atoms with Crippen molar-refractivity contribution in [1.82, 2.24) is 15.1 Å². The summed E-state index contributed by atoms with van der Waals surface area (Å²) in [4.78, 5) is 12.8. The molecule has 2 aromatic carbocycles. The Morgan fingerprint density at radius 1 is 1.09 bits per heavy atom. The molecule has 1 aliphatic heterocycles. The van der Waals surface area contributed by atoms with E-state index in [4.69, 9.17) is 0 Å². The maximum absolute atomic E-state index is 13.9. The first-order valence-electron chi connectivity index (χ1n) is 10.9. The van der Waals surface area contributed by atoms with E-state index in [0.29, 0.717) is 5.56 Å². The average Bonchev–Trinajstić information content (AvgIpc) is 3.25. The molecule has 35 heavy (non-hydrogen) atoms. The second kappa shape index (κ2) is 9.27.